The van der Waals surface area contributed by atoms with Gasteiger partial charge in [-0.05, 0) is 68.1 Å². The molecule has 3 nitrogen and oxygen atoms in total. The Labute approximate surface area is 127 Å². The molecule has 4 fully saturated rings. The Kier molecular flexibility index (Phi) is 3.20. The highest BCUT2D eigenvalue weighted by Gasteiger charge is 2.51. The van der Waals surface area contributed by atoms with Gasteiger partial charge < -0.3 is 0 Å². The second-order valence-electron chi connectivity index (χ2n) is 8.01. The lowest BCUT2D eigenvalue weighted by molar-refractivity contribution is -0.0524. The van der Waals surface area contributed by atoms with E-state index in [9.17, 15) is 4.79 Å². The molecule has 5 rings (SSSR count). The van der Waals surface area contributed by atoms with Crippen molar-refractivity contribution in [1.82, 2.24) is 9.78 Å². The Morgan fingerprint density at radius 3 is 2.43 bits per heavy atom. The SMILES string of the molecule is CCCn1cc(C(=O)CC23CC4CC(CC(C4)C2)C3)cn1. The lowest BCUT2D eigenvalue weighted by atomic mass is 9.48. The van der Waals surface area contributed by atoms with Crippen molar-refractivity contribution in [2.75, 3.05) is 0 Å². The van der Waals surface area contributed by atoms with Crippen LogP contribution in [-0.2, 0) is 6.54 Å². The lowest BCUT2D eigenvalue weighted by Gasteiger charge is -2.56. The molecular formula is C18H26N2O. The number of hydrogen-bond acceptors (Lipinski definition) is 2. The van der Waals surface area contributed by atoms with Crippen molar-refractivity contribution >= 4 is 5.78 Å². The maximum atomic E-state index is 12.7. The minimum atomic E-state index is 0.333. The normalized spacial score (nSPS) is 37.1. The zero-order valence-corrected chi connectivity index (χ0v) is 13.1. The number of nitrogens with zero attached hydrogens (tertiary/aromatic N) is 2. The van der Waals surface area contributed by atoms with E-state index in [0.29, 0.717) is 11.2 Å². The molecular weight excluding hydrogens is 260 g/mol. The van der Waals surface area contributed by atoms with Crippen LogP contribution >= 0.6 is 0 Å². The second kappa shape index (κ2) is 4.96. The molecule has 0 amide bonds. The summed E-state index contributed by atoms with van der Waals surface area (Å²) in [6, 6.07) is 0. The molecule has 0 radical (unpaired) electrons. The molecule has 0 N–H and O–H groups in total. The molecule has 4 saturated carbocycles. The van der Waals surface area contributed by atoms with Crippen molar-refractivity contribution < 1.29 is 4.79 Å². The van der Waals surface area contributed by atoms with Gasteiger partial charge in [-0.25, -0.2) is 0 Å². The van der Waals surface area contributed by atoms with Crippen LogP contribution < -0.4 is 0 Å². The van der Waals surface area contributed by atoms with Gasteiger partial charge in [0.15, 0.2) is 5.78 Å². The molecule has 4 bridgehead atoms. The summed E-state index contributed by atoms with van der Waals surface area (Å²) in [4.78, 5) is 12.7. The molecule has 1 heterocycles. The Morgan fingerprint density at radius 1 is 1.24 bits per heavy atom. The quantitative estimate of drug-likeness (QED) is 0.764. The van der Waals surface area contributed by atoms with Gasteiger partial charge in [0.25, 0.3) is 0 Å². The second-order valence-corrected chi connectivity index (χ2v) is 8.01. The van der Waals surface area contributed by atoms with Crippen LogP contribution in [-0.4, -0.2) is 15.6 Å². The third-order valence-corrected chi connectivity index (χ3v) is 6.11. The zero-order chi connectivity index (χ0) is 14.4. The van der Waals surface area contributed by atoms with Gasteiger partial charge in [0.05, 0.1) is 11.8 Å². The van der Waals surface area contributed by atoms with Crippen molar-refractivity contribution in [3.05, 3.63) is 18.0 Å². The summed E-state index contributed by atoms with van der Waals surface area (Å²) < 4.78 is 1.91. The highest BCUT2D eigenvalue weighted by atomic mass is 16.1. The highest BCUT2D eigenvalue weighted by Crippen LogP contribution is 2.61. The number of carbonyl (C=O) groups excluding carboxylic acids is 1. The van der Waals surface area contributed by atoms with Gasteiger partial charge in [0, 0.05) is 19.2 Å². The fraction of sp³-hybridized carbons (Fsp3) is 0.778. The van der Waals surface area contributed by atoms with E-state index in [1.54, 1.807) is 6.20 Å². The van der Waals surface area contributed by atoms with Gasteiger partial charge in [0.1, 0.15) is 0 Å². The summed E-state index contributed by atoms with van der Waals surface area (Å²) in [5, 5.41) is 4.32. The summed E-state index contributed by atoms with van der Waals surface area (Å²) in [5.74, 6) is 3.10. The monoisotopic (exact) mass is 286 g/mol. The smallest absolute Gasteiger partial charge is 0.166 e. The topological polar surface area (TPSA) is 34.9 Å². The lowest BCUT2D eigenvalue weighted by Crippen LogP contribution is -2.46. The van der Waals surface area contributed by atoms with E-state index in [1.807, 2.05) is 10.9 Å². The van der Waals surface area contributed by atoms with Crippen LogP contribution in [0.5, 0.6) is 0 Å². The standard InChI is InChI=1S/C18H26N2O/c1-2-3-20-12-16(11-19-20)17(21)10-18-7-13-4-14(8-18)6-15(5-13)9-18/h11-15H,2-10H2,1H3. The Balaban J connectivity index is 1.48. The van der Waals surface area contributed by atoms with Crippen LogP contribution in [0.1, 0.15) is 68.6 Å². The minimum absolute atomic E-state index is 0.333. The molecule has 4 aliphatic carbocycles. The molecule has 0 spiro atoms. The van der Waals surface area contributed by atoms with Crippen molar-refractivity contribution in [3.63, 3.8) is 0 Å². The summed E-state index contributed by atoms with van der Waals surface area (Å²) in [6.07, 6.45) is 13.8. The molecule has 0 aliphatic heterocycles. The van der Waals surface area contributed by atoms with E-state index in [0.717, 1.165) is 42.7 Å². The van der Waals surface area contributed by atoms with Gasteiger partial charge in [-0.1, -0.05) is 6.92 Å². The molecule has 0 atom stereocenters. The first kappa shape index (κ1) is 13.5. The maximum absolute atomic E-state index is 12.7. The largest absolute Gasteiger partial charge is 0.294 e. The van der Waals surface area contributed by atoms with Crippen LogP contribution in [0.4, 0.5) is 0 Å². The number of carbonyl (C=O) groups is 1. The van der Waals surface area contributed by atoms with Gasteiger partial charge in [0.2, 0.25) is 0 Å². The first-order valence-electron chi connectivity index (χ1n) is 8.71. The summed E-state index contributed by atoms with van der Waals surface area (Å²) >= 11 is 0. The van der Waals surface area contributed by atoms with Crippen LogP contribution in [0.2, 0.25) is 0 Å². The summed E-state index contributed by atoms with van der Waals surface area (Å²) in [6.45, 7) is 3.04. The highest BCUT2D eigenvalue weighted by molar-refractivity contribution is 5.96. The van der Waals surface area contributed by atoms with Crippen molar-refractivity contribution in [1.29, 1.82) is 0 Å². The van der Waals surface area contributed by atoms with E-state index < -0.39 is 0 Å². The van der Waals surface area contributed by atoms with Gasteiger partial charge in [-0.15, -0.1) is 0 Å². The zero-order valence-electron chi connectivity index (χ0n) is 13.1. The van der Waals surface area contributed by atoms with Gasteiger partial charge >= 0.3 is 0 Å². The fourth-order valence-corrected chi connectivity index (χ4v) is 5.81. The van der Waals surface area contributed by atoms with E-state index in [2.05, 4.69) is 12.0 Å². The van der Waals surface area contributed by atoms with Crippen LogP contribution in [0.15, 0.2) is 12.4 Å². The molecule has 21 heavy (non-hydrogen) atoms. The summed E-state index contributed by atoms with van der Waals surface area (Å²) in [7, 11) is 0. The average Bonchev–Trinajstić information content (AvgIpc) is 2.85. The third kappa shape index (κ3) is 2.45. The Morgan fingerprint density at radius 2 is 1.86 bits per heavy atom. The van der Waals surface area contributed by atoms with Crippen LogP contribution in [0.3, 0.4) is 0 Å². The Bertz CT molecular complexity index is 510. The molecule has 0 aromatic carbocycles. The minimum Gasteiger partial charge on any atom is -0.294 e. The molecule has 114 valence electrons. The average molecular weight is 286 g/mol. The van der Waals surface area contributed by atoms with Crippen molar-refractivity contribution in [2.45, 2.75) is 64.8 Å². The number of aromatic nitrogens is 2. The maximum Gasteiger partial charge on any atom is 0.166 e. The van der Waals surface area contributed by atoms with E-state index in [-0.39, 0.29) is 0 Å². The van der Waals surface area contributed by atoms with E-state index in [1.165, 1.54) is 38.5 Å². The number of Topliss-reactive ketones (excluding diaryl/α,β-unsaturated/α-hetero) is 1. The predicted molar refractivity (Wildman–Crippen MR) is 82.1 cm³/mol. The van der Waals surface area contributed by atoms with E-state index >= 15 is 0 Å². The van der Waals surface area contributed by atoms with Crippen LogP contribution in [0, 0.1) is 23.2 Å². The fourth-order valence-electron chi connectivity index (χ4n) is 5.81. The number of hydrogen-bond donors (Lipinski definition) is 0. The first-order chi connectivity index (χ1) is 10.2. The van der Waals surface area contributed by atoms with Gasteiger partial charge in [-0.2, -0.15) is 5.10 Å². The number of rotatable bonds is 5. The summed E-state index contributed by atoms with van der Waals surface area (Å²) in [5.41, 5.74) is 1.18. The predicted octanol–water partition coefficient (Wildman–Crippen LogP) is 4.08. The Hall–Kier alpha value is -1.12. The molecule has 4 aliphatic rings. The molecule has 1 aromatic heterocycles. The molecule has 3 heteroatoms. The molecule has 0 unspecified atom stereocenters. The molecule has 0 saturated heterocycles. The van der Waals surface area contributed by atoms with Crippen molar-refractivity contribution in [2.24, 2.45) is 23.2 Å². The van der Waals surface area contributed by atoms with E-state index in [4.69, 9.17) is 0 Å². The first-order valence-corrected chi connectivity index (χ1v) is 8.71. The van der Waals surface area contributed by atoms with Gasteiger partial charge in [-0.3, -0.25) is 9.48 Å². The third-order valence-electron chi connectivity index (χ3n) is 6.11. The number of aryl methyl sites for hydroxylation is 1. The van der Waals surface area contributed by atoms with Crippen LogP contribution in [0.25, 0.3) is 0 Å². The molecule has 1 aromatic rings. The number of ketones is 1. The van der Waals surface area contributed by atoms with Crippen molar-refractivity contribution in [3.8, 4) is 0 Å².